The first-order chi connectivity index (χ1) is 24.1. The Labute approximate surface area is 287 Å². The van der Waals surface area contributed by atoms with Crippen LogP contribution in [0.5, 0.6) is 0 Å². The molecule has 2 nitrogen and oxygen atoms in total. The Hall–Kier alpha value is -5.99. The Balaban J connectivity index is 1.18. The second-order valence-electron chi connectivity index (χ2n) is 13.9. The first-order valence-electron chi connectivity index (χ1n) is 17.1. The smallest absolute Gasteiger partial charge is 0.145 e. The topological polar surface area (TPSA) is 17.8 Å². The van der Waals surface area contributed by atoms with Crippen LogP contribution >= 0.6 is 0 Å². The normalized spacial score (nSPS) is 14.7. The van der Waals surface area contributed by atoms with E-state index in [0.717, 1.165) is 28.1 Å². The molecular weight excluding hydrogens is 593 g/mol. The molecule has 10 rings (SSSR count). The highest BCUT2D eigenvalue weighted by molar-refractivity contribution is 5.91. The van der Waals surface area contributed by atoms with Crippen LogP contribution in [-0.4, -0.2) is 9.55 Å². The van der Waals surface area contributed by atoms with Gasteiger partial charge >= 0.3 is 0 Å². The van der Waals surface area contributed by atoms with Gasteiger partial charge in [0.2, 0.25) is 0 Å². The molecule has 2 aliphatic carbocycles. The van der Waals surface area contributed by atoms with Crippen LogP contribution in [-0.2, 0) is 10.8 Å². The molecular formula is C47H34N2. The summed E-state index contributed by atoms with van der Waals surface area (Å²) < 4.78 is 2.27. The number of hydrogen-bond donors (Lipinski definition) is 0. The van der Waals surface area contributed by atoms with E-state index in [2.05, 4.69) is 188 Å². The van der Waals surface area contributed by atoms with Crippen LogP contribution in [0.3, 0.4) is 0 Å². The Morgan fingerprint density at radius 2 is 1.00 bits per heavy atom. The highest BCUT2D eigenvalue weighted by atomic mass is 15.1. The van der Waals surface area contributed by atoms with E-state index >= 15 is 0 Å². The number of imidazole rings is 1. The second-order valence-corrected chi connectivity index (χ2v) is 13.9. The number of hydrogen-bond acceptors (Lipinski definition) is 1. The van der Waals surface area contributed by atoms with Crippen molar-refractivity contribution < 1.29 is 0 Å². The molecule has 0 unspecified atom stereocenters. The molecule has 0 saturated carbocycles. The van der Waals surface area contributed by atoms with Crippen LogP contribution < -0.4 is 0 Å². The van der Waals surface area contributed by atoms with Gasteiger partial charge in [-0.05, 0) is 92.0 Å². The summed E-state index contributed by atoms with van der Waals surface area (Å²) in [6.07, 6.45) is 0. The summed E-state index contributed by atoms with van der Waals surface area (Å²) in [5.74, 6) is 0.942. The number of para-hydroxylation sites is 3. The third kappa shape index (κ3) is 3.80. The van der Waals surface area contributed by atoms with Gasteiger partial charge in [-0.1, -0.05) is 147 Å². The third-order valence-corrected chi connectivity index (χ3v) is 11.1. The lowest BCUT2D eigenvalue weighted by Crippen LogP contribution is -2.40. The summed E-state index contributed by atoms with van der Waals surface area (Å²) >= 11 is 0. The van der Waals surface area contributed by atoms with Crippen LogP contribution in [0.1, 0.15) is 47.2 Å². The molecule has 2 heteroatoms. The number of aromatic nitrogens is 2. The molecule has 8 aromatic rings. The van der Waals surface area contributed by atoms with E-state index in [4.69, 9.17) is 4.98 Å². The summed E-state index contributed by atoms with van der Waals surface area (Å²) in [5.41, 5.74) is 17.1. The summed E-state index contributed by atoms with van der Waals surface area (Å²) in [6.45, 7) is 4.75. The number of fused-ring (bicyclic) bond motifs is 10. The van der Waals surface area contributed by atoms with Gasteiger partial charge in [-0.25, -0.2) is 4.98 Å². The van der Waals surface area contributed by atoms with Gasteiger partial charge in [0.05, 0.1) is 16.4 Å². The fourth-order valence-corrected chi connectivity index (χ4v) is 8.94. The molecule has 0 amide bonds. The molecule has 2 aliphatic rings. The molecule has 0 aliphatic heterocycles. The van der Waals surface area contributed by atoms with Crippen LogP contribution in [0.15, 0.2) is 170 Å². The monoisotopic (exact) mass is 626 g/mol. The molecule has 1 aromatic heterocycles. The van der Waals surface area contributed by atoms with Crippen molar-refractivity contribution in [2.75, 3.05) is 0 Å². The average molecular weight is 627 g/mol. The Bertz CT molecular complexity index is 2540. The van der Waals surface area contributed by atoms with E-state index < -0.39 is 0 Å². The molecule has 0 bridgehead atoms. The van der Waals surface area contributed by atoms with Crippen LogP contribution in [0.25, 0.3) is 50.4 Å². The molecule has 49 heavy (non-hydrogen) atoms. The largest absolute Gasteiger partial charge is 0.292 e. The molecule has 0 N–H and O–H groups in total. The maximum atomic E-state index is 5.16. The minimum Gasteiger partial charge on any atom is -0.292 e. The standard InChI is InChI=1S/C47H34N2/c1-46(2)39-21-8-10-23-41(39)47(42-24-11-9-22-40(42)46)37-20-7-6-19-35(37)36-30-32(27-28-38(36)47)31-15-14-16-33(29-31)45-48-43-25-12-13-26-44(43)49(45)34-17-4-3-5-18-34/h3-30H,1-2H3. The minimum absolute atomic E-state index is 0.104. The van der Waals surface area contributed by atoms with Crippen molar-refractivity contribution in [3.05, 3.63) is 203 Å². The van der Waals surface area contributed by atoms with Crippen LogP contribution in [0, 0.1) is 0 Å². The van der Waals surface area contributed by atoms with E-state index in [1.807, 2.05) is 0 Å². The van der Waals surface area contributed by atoms with Gasteiger partial charge in [0.1, 0.15) is 5.82 Å². The molecule has 1 spiro atoms. The third-order valence-electron chi connectivity index (χ3n) is 11.1. The second kappa shape index (κ2) is 10.3. The molecule has 7 aromatic carbocycles. The van der Waals surface area contributed by atoms with Gasteiger partial charge in [0, 0.05) is 16.7 Å². The fourth-order valence-electron chi connectivity index (χ4n) is 8.94. The maximum Gasteiger partial charge on any atom is 0.145 e. The highest BCUT2D eigenvalue weighted by Crippen LogP contribution is 2.62. The number of benzene rings is 7. The minimum atomic E-state index is -0.379. The number of rotatable bonds is 3. The van der Waals surface area contributed by atoms with Crippen molar-refractivity contribution in [2.45, 2.75) is 24.7 Å². The summed E-state index contributed by atoms with van der Waals surface area (Å²) in [5, 5.41) is 0. The van der Waals surface area contributed by atoms with Crippen LogP contribution in [0.4, 0.5) is 0 Å². The van der Waals surface area contributed by atoms with Gasteiger partial charge in [-0.2, -0.15) is 0 Å². The summed E-state index contributed by atoms with van der Waals surface area (Å²) in [6, 6.07) is 62.3. The Kier molecular flexibility index (Phi) is 5.87. The lowest BCUT2D eigenvalue weighted by Gasteiger charge is -2.46. The van der Waals surface area contributed by atoms with Crippen molar-refractivity contribution in [1.29, 1.82) is 0 Å². The molecule has 0 fully saturated rings. The zero-order valence-corrected chi connectivity index (χ0v) is 27.6. The van der Waals surface area contributed by atoms with Gasteiger partial charge in [0.25, 0.3) is 0 Å². The predicted octanol–water partition coefficient (Wildman–Crippen LogP) is 11.4. The SMILES string of the molecule is CC1(C)c2ccccc2C2(c3ccccc3-c3cc(-c4cccc(-c5nc6ccccc6n5-c5ccccc5)c4)ccc32)c2ccccc21. The molecule has 0 radical (unpaired) electrons. The highest BCUT2D eigenvalue weighted by Gasteiger charge is 2.53. The van der Waals surface area contributed by atoms with Crippen molar-refractivity contribution in [1.82, 2.24) is 9.55 Å². The molecule has 0 saturated heterocycles. The zero-order valence-electron chi connectivity index (χ0n) is 27.6. The van der Waals surface area contributed by atoms with Gasteiger partial charge < -0.3 is 0 Å². The van der Waals surface area contributed by atoms with Crippen molar-refractivity contribution in [3.8, 4) is 39.3 Å². The summed E-state index contributed by atoms with van der Waals surface area (Å²) in [4.78, 5) is 5.16. The lowest BCUT2D eigenvalue weighted by molar-refractivity contribution is 0.563. The van der Waals surface area contributed by atoms with E-state index in [-0.39, 0.29) is 10.8 Å². The van der Waals surface area contributed by atoms with Gasteiger partial charge in [0.15, 0.2) is 0 Å². The van der Waals surface area contributed by atoms with E-state index in [9.17, 15) is 0 Å². The zero-order chi connectivity index (χ0) is 32.7. The Morgan fingerprint density at radius 1 is 0.429 bits per heavy atom. The molecule has 1 heterocycles. The Morgan fingerprint density at radius 3 is 1.76 bits per heavy atom. The molecule has 232 valence electrons. The van der Waals surface area contributed by atoms with Gasteiger partial charge in [-0.15, -0.1) is 0 Å². The quantitative estimate of drug-likeness (QED) is 0.191. The lowest BCUT2D eigenvalue weighted by atomic mass is 9.55. The van der Waals surface area contributed by atoms with E-state index in [1.165, 1.54) is 55.6 Å². The maximum absolute atomic E-state index is 5.16. The number of nitrogens with zero attached hydrogens (tertiary/aromatic N) is 2. The van der Waals surface area contributed by atoms with E-state index in [1.54, 1.807) is 0 Å². The van der Waals surface area contributed by atoms with Crippen LogP contribution in [0.2, 0.25) is 0 Å². The summed E-state index contributed by atoms with van der Waals surface area (Å²) in [7, 11) is 0. The van der Waals surface area contributed by atoms with Gasteiger partial charge in [-0.3, -0.25) is 4.57 Å². The van der Waals surface area contributed by atoms with Crippen molar-refractivity contribution in [3.63, 3.8) is 0 Å². The average Bonchev–Trinajstić information content (AvgIpc) is 3.69. The first-order valence-corrected chi connectivity index (χ1v) is 17.1. The van der Waals surface area contributed by atoms with E-state index in [0.29, 0.717) is 0 Å². The molecule has 0 atom stereocenters. The van der Waals surface area contributed by atoms with Crippen molar-refractivity contribution >= 4 is 11.0 Å². The van der Waals surface area contributed by atoms with Crippen molar-refractivity contribution in [2.24, 2.45) is 0 Å². The fraction of sp³-hybridized carbons (Fsp3) is 0.0851. The first kappa shape index (κ1) is 28.1. The predicted molar refractivity (Wildman–Crippen MR) is 201 cm³/mol.